The number of benzene rings is 1. The molecule has 0 saturated carbocycles. The van der Waals surface area contributed by atoms with Gasteiger partial charge in [-0.25, -0.2) is 0 Å². The summed E-state index contributed by atoms with van der Waals surface area (Å²) in [4.78, 5) is 12.4. The Kier molecular flexibility index (Phi) is 4.61. The third-order valence-corrected chi connectivity index (χ3v) is 4.35. The summed E-state index contributed by atoms with van der Waals surface area (Å²) in [6.07, 6.45) is 1.80. The van der Waals surface area contributed by atoms with Gasteiger partial charge in [0.05, 0.1) is 45.1 Å². The quantitative estimate of drug-likeness (QED) is 0.744. The van der Waals surface area contributed by atoms with Crippen molar-refractivity contribution in [3.05, 3.63) is 29.8 Å². The highest BCUT2D eigenvalue weighted by Crippen LogP contribution is 2.27. The van der Waals surface area contributed by atoms with Crippen LogP contribution in [0.25, 0.3) is 0 Å². The Balaban J connectivity index is 1.45. The maximum Gasteiger partial charge on any atom is 0.179 e. The summed E-state index contributed by atoms with van der Waals surface area (Å²) in [6, 6.07) is 6.58. The Morgan fingerprint density at radius 1 is 1.23 bits per heavy atom. The normalized spacial score (nSPS) is 21.1. The first kappa shape index (κ1) is 15.3. The van der Waals surface area contributed by atoms with Gasteiger partial charge >= 0.3 is 0 Å². The molecule has 1 aromatic carbocycles. The number of carbonyl (C=O) groups is 1. The summed E-state index contributed by atoms with van der Waals surface area (Å²) < 4.78 is 17.0. The minimum absolute atomic E-state index is 0.0999. The smallest absolute Gasteiger partial charge is 0.179 e. The number of ether oxygens (including phenoxy) is 3. The van der Waals surface area contributed by atoms with E-state index in [1.807, 2.05) is 0 Å². The molecule has 0 bridgehead atoms. The van der Waals surface area contributed by atoms with Gasteiger partial charge in [0.2, 0.25) is 0 Å². The van der Waals surface area contributed by atoms with Crippen LogP contribution in [0.15, 0.2) is 24.3 Å². The molecule has 2 heterocycles. The van der Waals surface area contributed by atoms with Crippen LogP contribution in [0, 0.1) is 0 Å². The number of carboxylic acid groups (broad SMARTS) is 1. The van der Waals surface area contributed by atoms with Crippen LogP contribution in [-0.4, -0.2) is 51.2 Å². The van der Waals surface area contributed by atoms with E-state index in [4.69, 9.17) is 14.2 Å². The van der Waals surface area contributed by atoms with Gasteiger partial charge in [0, 0.05) is 5.56 Å². The number of hydrogen-bond donors (Lipinski definition) is 1. The van der Waals surface area contributed by atoms with Gasteiger partial charge in [0.1, 0.15) is 18.9 Å². The lowest BCUT2D eigenvalue weighted by Crippen LogP contribution is -3.14. The Labute approximate surface area is 129 Å². The topological polar surface area (TPSA) is 72.3 Å². The predicted molar refractivity (Wildman–Crippen MR) is 75.7 cm³/mol. The lowest BCUT2D eigenvalue weighted by Gasteiger charge is -2.35. The number of rotatable bonds is 5. The summed E-state index contributed by atoms with van der Waals surface area (Å²) in [5.74, 6) is -1.18. The fourth-order valence-electron chi connectivity index (χ4n) is 3.09. The first-order chi connectivity index (χ1) is 10.7. The van der Waals surface area contributed by atoms with E-state index in [-0.39, 0.29) is 11.4 Å². The SMILES string of the molecule is O=C([O-])c1ccccc1OCC[NH+]1CCC2(CC1)OCCO2. The fourth-order valence-corrected chi connectivity index (χ4v) is 3.09. The van der Waals surface area contributed by atoms with Crippen molar-refractivity contribution in [3.63, 3.8) is 0 Å². The van der Waals surface area contributed by atoms with Crippen molar-refractivity contribution in [2.45, 2.75) is 18.6 Å². The van der Waals surface area contributed by atoms with Crippen molar-refractivity contribution in [2.24, 2.45) is 0 Å². The standard InChI is InChI=1S/C16H21NO5/c18-15(19)13-3-1-2-4-14(13)20-10-9-17-7-5-16(6-8-17)21-11-12-22-16/h1-4H,5-12H2,(H,18,19). The summed E-state index contributed by atoms with van der Waals surface area (Å²) in [6.45, 7) is 4.65. The van der Waals surface area contributed by atoms with Crippen LogP contribution in [0.2, 0.25) is 0 Å². The molecular formula is C16H21NO5. The lowest BCUT2D eigenvalue weighted by atomic mass is 10.0. The number of quaternary nitrogens is 1. The second-order valence-electron chi connectivity index (χ2n) is 5.74. The summed E-state index contributed by atoms with van der Waals surface area (Å²) >= 11 is 0. The van der Waals surface area contributed by atoms with Crippen molar-refractivity contribution >= 4 is 5.97 Å². The molecule has 0 unspecified atom stereocenters. The predicted octanol–water partition coefficient (Wildman–Crippen LogP) is -1.15. The minimum Gasteiger partial charge on any atom is -0.545 e. The number of likely N-dealkylation sites (tertiary alicyclic amines) is 1. The van der Waals surface area contributed by atoms with E-state index in [0.29, 0.717) is 25.6 Å². The third kappa shape index (κ3) is 3.40. The van der Waals surface area contributed by atoms with Crippen molar-refractivity contribution in [3.8, 4) is 5.75 Å². The fraction of sp³-hybridized carbons (Fsp3) is 0.562. The van der Waals surface area contributed by atoms with Gasteiger partial charge in [-0.05, 0) is 12.1 Å². The molecule has 1 aromatic rings. The maximum atomic E-state index is 11.0. The van der Waals surface area contributed by atoms with E-state index in [1.54, 1.807) is 18.2 Å². The molecule has 2 aliphatic heterocycles. The average molecular weight is 307 g/mol. The Morgan fingerprint density at radius 2 is 1.91 bits per heavy atom. The first-order valence-electron chi connectivity index (χ1n) is 7.73. The summed E-state index contributed by atoms with van der Waals surface area (Å²) in [5.41, 5.74) is 0.0999. The number of carbonyl (C=O) groups excluding carboxylic acids is 1. The van der Waals surface area contributed by atoms with Crippen molar-refractivity contribution in [1.29, 1.82) is 0 Å². The van der Waals surface area contributed by atoms with Crippen LogP contribution < -0.4 is 14.7 Å². The Hall–Kier alpha value is -1.63. The zero-order chi connectivity index (χ0) is 15.4. The summed E-state index contributed by atoms with van der Waals surface area (Å²) in [5, 5.41) is 11.0. The number of hydrogen-bond acceptors (Lipinski definition) is 5. The Bertz CT molecular complexity index is 517. The molecule has 22 heavy (non-hydrogen) atoms. The van der Waals surface area contributed by atoms with Crippen molar-refractivity contribution < 1.29 is 29.0 Å². The van der Waals surface area contributed by atoms with Gasteiger partial charge in [-0.1, -0.05) is 12.1 Å². The molecule has 6 nitrogen and oxygen atoms in total. The molecule has 0 aromatic heterocycles. The highest BCUT2D eigenvalue weighted by atomic mass is 16.7. The highest BCUT2D eigenvalue weighted by Gasteiger charge is 2.41. The van der Waals surface area contributed by atoms with Gasteiger partial charge in [-0.3, -0.25) is 0 Å². The van der Waals surface area contributed by atoms with E-state index in [2.05, 4.69) is 0 Å². The maximum absolute atomic E-state index is 11.0. The van der Waals surface area contributed by atoms with E-state index < -0.39 is 5.97 Å². The molecule has 6 heteroatoms. The zero-order valence-corrected chi connectivity index (χ0v) is 12.5. The zero-order valence-electron chi connectivity index (χ0n) is 12.5. The number of aromatic carboxylic acids is 1. The minimum atomic E-state index is -1.21. The van der Waals surface area contributed by atoms with Gasteiger partial charge in [-0.2, -0.15) is 0 Å². The molecule has 0 amide bonds. The molecule has 2 fully saturated rings. The second kappa shape index (κ2) is 6.64. The molecule has 2 aliphatic rings. The molecular weight excluding hydrogens is 286 g/mol. The van der Waals surface area contributed by atoms with E-state index >= 15 is 0 Å². The number of piperidine rings is 1. The molecule has 1 spiro atoms. The van der Waals surface area contributed by atoms with Crippen LogP contribution in [0.4, 0.5) is 0 Å². The highest BCUT2D eigenvalue weighted by molar-refractivity contribution is 5.89. The third-order valence-electron chi connectivity index (χ3n) is 4.35. The Morgan fingerprint density at radius 3 is 2.59 bits per heavy atom. The lowest BCUT2D eigenvalue weighted by molar-refractivity contribution is -0.908. The molecule has 2 saturated heterocycles. The van der Waals surface area contributed by atoms with E-state index in [9.17, 15) is 9.90 Å². The van der Waals surface area contributed by atoms with Crippen molar-refractivity contribution in [2.75, 3.05) is 39.5 Å². The van der Waals surface area contributed by atoms with E-state index in [0.717, 1.165) is 32.5 Å². The molecule has 1 N–H and O–H groups in total. The van der Waals surface area contributed by atoms with Crippen LogP contribution >= 0.6 is 0 Å². The average Bonchev–Trinajstić information content (AvgIpc) is 2.98. The molecule has 0 radical (unpaired) electrons. The van der Waals surface area contributed by atoms with Gasteiger partial charge < -0.3 is 29.0 Å². The van der Waals surface area contributed by atoms with Gasteiger partial charge in [-0.15, -0.1) is 0 Å². The first-order valence-corrected chi connectivity index (χ1v) is 7.73. The van der Waals surface area contributed by atoms with Crippen LogP contribution in [-0.2, 0) is 9.47 Å². The molecule has 0 atom stereocenters. The van der Waals surface area contributed by atoms with Gasteiger partial charge in [0.15, 0.2) is 5.79 Å². The second-order valence-corrected chi connectivity index (χ2v) is 5.74. The van der Waals surface area contributed by atoms with Crippen LogP contribution in [0.3, 0.4) is 0 Å². The molecule has 0 aliphatic carbocycles. The largest absolute Gasteiger partial charge is 0.545 e. The van der Waals surface area contributed by atoms with E-state index in [1.165, 1.54) is 11.0 Å². The monoisotopic (exact) mass is 307 g/mol. The van der Waals surface area contributed by atoms with Crippen LogP contribution in [0.1, 0.15) is 23.2 Å². The summed E-state index contributed by atoms with van der Waals surface area (Å²) in [7, 11) is 0. The van der Waals surface area contributed by atoms with Crippen LogP contribution in [0.5, 0.6) is 5.75 Å². The number of nitrogens with one attached hydrogen (secondary N) is 1. The molecule has 120 valence electrons. The van der Waals surface area contributed by atoms with Gasteiger partial charge in [0.25, 0.3) is 0 Å². The molecule has 3 rings (SSSR count). The number of para-hydroxylation sites is 1. The van der Waals surface area contributed by atoms with Crippen molar-refractivity contribution in [1.82, 2.24) is 0 Å². The number of carboxylic acids is 1.